The van der Waals surface area contributed by atoms with Crippen molar-refractivity contribution in [1.29, 1.82) is 0 Å². The summed E-state index contributed by atoms with van der Waals surface area (Å²) in [5.41, 5.74) is 4.55. The van der Waals surface area contributed by atoms with Crippen LogP contribution in [0.1, 0.15) is 58.9 Å². The van der Waals surface area contributed by atoms with Crippen LogP contribution >= 0.6 is 0 Å². The molecule has 2 rings (SSSR count). The van der Waals surface area contributed by atoms with E-state index in [-0.39, 0.29) is 5.75 Å². The molecule has 156 valence electrons. The third-order valence-electron chi connectivity index (χ3n) is 4.94. The van der Waals surface area contributed by atoms with Crippen LogP contribution < -0.4 is 10.4 Å². The maximum atomic E-state index is 11.7. The smallest absolute Gasteiger partial charge is 0.336 e. The maximum Gasteiger partial charge on any atom is 0.336 e. The second-order valence-electron chi connectivity index (χ2n) is 7.74. The van der Waals surface area contributed by atoms with Crippen LogP contribution in [0.15, 0.2) is 62.4 Å². The highest BCUT2D eigenvalue weighted by Gasteiger charge is 2.15. The van der Waals surface area contributed by atoms with Crippen molar-refractivity contribution in [2.75, 3.05) is 7.11 Å². The second-order valence-corrected chi connectivity index (χ2v) is 7.74. The van der Waals surface area contributed by atoms with E-state index in [9.17, 15) is 9.90 Å². The molecule has 0 aliphatic rings. The first-order valence-corrected chi connectivity index (χ1v) is 10.1. The molecular weight excluding hydrogens is 364 g/mol. The number of phenolic OH excluding ortho intramolecular Hbond substituents is 1. The van der Waals surface area contributed by atoms with Gasteiger partial charge < -0.3 is 14.3 Å². The third-order valence-corrected chi connectivity index (χ3v) is 4.94. The molecule has 0 saturated heterocycles. The van der Waals surface area contributed by atoms with E-state index in [2.05, 4.69) is 45.9 Å². The SMILES string of the molecule is COc1cc2ccc(=O)oc2c(CC=C(C)CCC=C(C)CCC=C(C)C)c1O. The lowest BCUT2D eigenvalue weighted by Crippen LogP contribution is -1.98. The molecule has 1 N–H and O–H groups in total. The molecule has 0 fully saturated rings. The van der Waals surface area contributed by atoms with Crippen molar-refractivity contribution in [1.82, 2.24) is 0 Å². The minimum atomic E-state index is -0.433. The maximum absolute atomic E-state index is 11.7. The molecule has 1 aromatic carbocycles. The molecular formula is C25H32O4. The summed E-state index contributed by atoms with van der Waals surface area (Å²) in [7, 11) is 1.51. The molecule has 4 nitrogen and oxygen atoms in total. The summed E-state index contributed by atoms with van der Waals surface area (Å²) in [5, 5.41) is 11.3. The van der Waals surface area contributed by atoms with Crippen molar-refractivity contribution < 1.29 is 14.3 Å². The summed E-state index contributed by atoms with van der Waals surface area (Å²) in [6, 6.07) is 4.73. The van der Waals surface area contributed by atoms with Crippen LogP contribution in [-0.4, -0.2) is 12.2 Å². The Kier molecular flexibility index (Phi) is 8.32. The van der Waals surface area contributed by atoms with E-state index in [1.54, 1.807) is 12.1 Å². The van der Waals surface area contributed by atoms with E-state index >= 15 is 0 Å². The topological polar surface area (TPSA) is 59.7 Å². The van der Waals surface area contributed by atoms with Crippen LogP contribution in [0.5, 0.6) is 11.5 Å². The predicted molar refractivity (Wildman–Crippen MR) is 120 cm³/mol. The van der Waals surface area contributed by atoms with Gasteiger partial charge in [0.1, 0.15) is 5.58 Å². The van der Waals surface area contributed by atoms with Gasteiger partial charge in [-0.25, -0.2) is 4.79 Å². The first-order chi connectivity index (χ1) is 13.8. The summed E-state index contributed by atoms with van der Waals surface area (Å²) in [6.45, 7) is 8.52. The second kappa shape index (κ2) is 10.7. The molecule has 29 heavy (non-hydrogen) atoms. The Morgan fingerprint density at radius 3 is 2.34 bits per heavy atom. The highest BCUT2D eigenvalue weighted by molar-refractivity contribution is 5.85. The van der Waals surface area contributed by atoms with Crippen LogP contribution in [0.4, 0.5) is 0 Å². The van der Waals surface area contributed by atoms with Crippen LogP contribution in [0.3, 0.4) is 0 Å². The van der Waals surface area contributed by atoms with Gasteiger partial charge in [-0.05, 0) is 71.9 Å². The van der Waals surface area contributed by atoms with Gasteiger partial charge in [-0.15, -0.1) is 0 Å². The largest absolute Gasteiger partial charge is 0.504 e. The first kappa shape index (κ1) is 22.5. The molecule has 0 unspecified atom stereocenters. The van der Waals surface area contributed by atoms with Gasteiger partial charge in [0, 0.05) is 17.0 Å². The Hall–Kier alpha value is -2.75. The van der Waals surface area contributed by atoms with Gasteiger partial charge in [0.25, 0.3) is 0 Å². The van der Waals surface area contributed by atoms with E-state index in [0.717, 1.165) is 31.1 Å². The molecule has 0 aliphatic carbocycles. The van der Waals surface area contributed by atoms with Crippen molar-refractivity contribution in [2.24, 2.45) is 0 Å². The number of hydrogen-bond acceptors (Lipinski definition) is 4. The van der Waals surface area contributed by atoms with E-state index in [4.69, 9.17) is 9.15 Å². The van der Waals surface area contributed by atoms with E-state index in [1.165, 1.54) is 29.9 Å². The predicted octanol–water partition coefficient (Wildman–Crippen LogP) is 6.47. The molecule has 0 atom stereocenters. The minimum absolute atomic E-state index is 0.0217. The number of methoxy groups -OCH3 is 1. The Morgan fingerprint density at radius 1 is 1.03 bits per heavy atom. The molecule has 0 amide bonds. The molecule has 0 aliphatic heterocycles. The summed E-state index contributed by atoms with van der Waals surface area (Å²) in [5.74, 6) is 0.399. The lowest BCUT2D eigenvalue weighted by molar-refractivity contribution is 0.371. The van der Waals surface area contributed by atoms with Gasteiger partial charge in [-0.1, -0.05) is 34.9 Å². The number of fused-ring (bicyclic) bond motifs is 1. The normalized spacial score (nSPS) is 12.3. The molecule has 1 aromatic heterocycles. The fraction of sp³-hybridized carbons (Fsp3) is 0.400. The number of aromatic hydroxyl groups is 1. The van der Waals surface area contributed by atoms with Gasteiger partial charge in [0.2, 0.25) is 0 Å². The van der Waals surface area contributed by atoms with Crippen LogP contribution in [0.2, 0.25) is 0 Å². The van der Waals surface area contributed by atoms with Crippen LogP contribution in [0, 0.1) is 0 Å². The molecule has 0 bridgehead atoms. The van der Waals surface area contributed by atoms with Gasteiger partial charge in [0.05, 0.1) is 7.11 Å². The number of hydrogen-bond donors (Lipinski definition) is 1. The minimum Gasteiger partial charge on any atom is -0.504 e. The van der Waals surface area contributed by atoms with Crippen molar-refractivity contribution in [3.05, 3.63) is 69.1 Å². The quantitative estimate of drug-likeness (QED) is 0.390. The Bertz CT molecular complexity index is 986. The van der Waals surface area contributed by atoms with Gasteiger partial charge in [0.15, 0.2) is 11.5 Å². The molecule has 0 radical (unpaired) electrons. The summed E-state index contributed by atoms with van der Waals surface area (Å²) < 4.78 is 10.6. The monoisotopic (exact) mass is 396 g/mol. The molecule has 1 heterocycles. The molecule has 0 saturated carbocycles. The van der Waals surface area contributed by atoms with Crippen molar-refractivity contribution >= 4 is 11.0 Å². The summed E-state index contributed by atoms with van der Waals surface area (Å²) >= 11 is 0. The Balaban J connectivity index is 2.09. The van der Waals surface area contributed by atoms with E-state index in [0.29, 0.717) is 23.3 Å². The van der Waals surface area contributed by atoms with Gasteiger partial charge in [-0.2, -0.15) is 0 Å². The molecule has 2 aromatic rings. The zero-order valence-electron chi connectivity index (χ0n) is 18.2. The number of benzene rings is 1. The highest BCUT2D eigenvalue weighted by atomic mass is 16.5. The zero-order chi connectivity index (χ0) is 21.4. The Morgan fingerprint density at radius 2 is 1.69 bits per heavy atom. The van der Waals surface area contributed by atoms with E-state index < -0.39 is 5.63 Å². The highest BCUT2D eigenvalue weighted by Crippen LogP contribution is 2.36. The van der Waals surface area contributed by atoms with Crippen LogP contribution in [0.25, 0.3) is 11.0 Å². The van der Waals surface area contributed by atoms with Crippen molar-refractivity contribution in [2.45, 2.75) is 59.8 Å². The molecule has 4 heteroatoms. The lowest BCUT2D eigenvalue weighted by Gasteiger charge is -2.11. The molecule has 0 spiro atoms. The van der Waals surface area contributed by atoms with Crippen LogP contribution in [-0.2, 0) is 6.42 Å². The number of rotatable bonds is 9. The van der Waals surface area contributed by atoms with Crippen molar-refractivity contribution in [3.8, 4) is 11.5 Å². The first-order valence-electron chi connectivity index (χ1n) is 10.1. The van der Waals surface area contributed by atoms with E-state index in [1.807, 2.05) is 0 Å². The summed E-state index contributed by atoms with van der Waals surface area (Å²) in [4.78, 5) is 11.7. The average molecular weight is 397 g/mol. The standard InChI is InChI=1S/C25H32O4/c1-17(2)8-6-9-18(3)10-7-11-19(4)12-14-21-24(27)22(28-5)16-20-13-15-23(26)29-25(20)21/h8,10,12-13,15-16,27H,6-7,9,11,14H2,1-5H3. The van der Waals surface area contributed by atoms with Gasteiger partial charge in [-0.3, -0.25) is 0 Å². The number of allylic oxidation sites excluding steroid dienone is 6. The summed E-state index contributed by atoms with van der Waals surface area (Å²) in [6.07, 6.45) is 11.2. The fourth-order valence-corrected chi connectivity index (χ4v) is 3.20. The number of ether oxygens (including phenoxy) is 1. The average Bonchev–Trinajstić information content (AvgIpc) is 2.66. The number of phenols is 1. The third kappa shape index (κ3) is 6.67. The lowest BCUT2D eigenvalue weighted by atomic mass is 10.0. The zero-order valence-corrected chi connectivity index (χ0v) is 18.2. The van der Waals surface area contributed by atoms with Gasteiger partial charge >= 0.3 is 5.63 Å². The fourth-order valence-electron chi connectivity index (χ4n) is 3.20. The van der Waals surface area contributed by atoms with Crippen molar-refractivity contribution in [3.63, 3.8) is 0 Å². The Labute approximate surface area is 173 Å².